The van der Waals surface area contributed by atoms with Crippen molar-refractivity contribution in [3.63, 3.8) is 0 Å². The number of rotatable bonds is 5. The number of nitrogens with one attached hydrogen (secondary N) is 1. The standard InChI is InChI=1S/C14H13NO6S2/c1-8-4-3-5-9(13(16)17)11(8)15-23(19,20)10-6-7-22-12(10)14(18)21-2/h3-7,15H,1-2H3,(H,16,17). The molecule has 2 rings (SSSR count). The number of aromatic carboxylic acids is 1. The summed E-state index contributed by atoms with van der Waals surface area (Å²) < 4.78 is 31.9. The van der Waals surface area contributed by atoms with Crippen molar-refractivity contribution in [1.82, 2.24) is 0 Å². The Kier molecular flexibility index (Phi) is 4.71. The highest BCUT2D eigenvalue weighted by molar-refractivity contribution is 7.93. The van der Waals surface area contributed by atoms with Gasteiger partial charge in [-0.05, 0) is 30.0 Å². The van der Waals surface area contributed by atoms with Crippen LogP contribution in [0.5, 0.6) is 0 Å². The van der Waals surface area contributed by atoms with E-state index in [9.17, 15) is 23.1 Å². The molecule has 0 saturated carbocycles. The Balaban J connectivity index is 2.51. The third-order valence-corrected chi connectivity index (χ3v) is 5.44. The Morgan fingerprint density at radius 3 is 2.57 bits per heavy atom. The zero-order valence-corrected chi connectivity index (χ0v) is 13.8. The topological polar surface area (TPSA) is 110 Å². The van der Waals surface area contributed by atoms with Crippen molar-refractivity contribution in [2.24, 2.45) is 0 Å². The third kappa shape index (κ3) is 3.35. The van der Waals surface area contributed by atoms with Crippen LogP contribution in [0.15, 0.2) is 34.5 Å². The first-order valence-electron chi connectivity index (χ1n) is 6.29. The second-order valence-corrected chi connectivity index (χ2v) is 7.08. The van der Waals surface area contributed by atoms with Crippen LogP contribution in [0, 0.1) is 6.92 Å². The van der Waals surface area contributed by atoms with Crippen molar-refractivity contribution in [3.8, 4) is 0 Å². The van der Waals surface area contributed by atoms with Gasteiger partial charge in [-0.15, -0.1) is 11.3 Å². The molecule has 122 valence electrons. The molecule has 0 fully saturated rings. The van der Waals surface area contributed by atoms with Crippen LogP contribution in [-0.4, -0.2) is 32.6 Å². The number of carbonyl (C=O) groups excluding carboxylic acids is 1. The van der Waals surface area contributed by atoms with Crippen molar-refractivity contribution in [2.45, 2.75) is 11.8 Å². The average Bonchev–Trinajstić information content (AvgIpc) is 2.98. The Hall–Kier alpha value is -2.39. The zero-order chi connectivity index (χ0) is 17.2. The Labute approximate surface area is 136 Å². The lowest BCUT2D eigenvalue weighted by molar-refractivity contribution is 0.0601. The number of anilines is 1. The fraction of sp³-hybridized carbons (Fsp3) is 0.143. The lowest BCUT2D eigenvalue weighted by Gasteiger charge is -2.13. The van der Waals surface area contributed by atoms with Crippen LogP contribution in [0.4, 0.5) is 5.69 Å². The zero-order valence-electron chi connectivity index (χ0n) is 12.2. The van der Waals surface area contributed by atoms with Crippen LogP contribution in [0.3, 0.4) is 0 Å². The first-order chi connectivity index (χ1) is 10.8. The minimum Gasteiger partial charge on any atom is -0.478 e. The molecule has 0 unspecified atom stereocenters. The highest BCUT2D eigenvalue weighted by Crippen LogP contribution is 2.28. The Bertz CT molecular complexity index is 869. The first-order valence-corrected chi connectivity index (χ1v) is 8.65. The normalized spacial score (nSPS) is 11.0. The Morgan fingerprint density at radius 1 is 1.26 bits per heavy atom. The molecule has 9 heteroatoms. The minimum absolute atomic E-state index is 0.0398. The number of sulfonamides is 1. The van der Waals surface area contributed by atoms with E-state index >= 15 is 0 Å². The number of hydrogen-bond donors (Lipinski definition) is 2. The van der Waals surface area contributed by atoms with Gasteiger partial charge in [0.2, 0.25) is 0 Å². The molecular formula is C14H13NO6S2. The summed E-state index contributed by atoms with van der Waals surface area (Å²) in [5.41, 5.74) is 0.230. The summed E-state index contributed by atoms with van der Waals surface area (Å²) in [7, 11) is -2.99. The maximum atomic E-state index is 12.5. The van der Waals surface area contributed by atoms with Gasteiger partial charge in [0.1, 0.15) is 9.77 Å². The molecule has 0 amide bonds. The predicted octanol–water partition coefficient (Wildman–Crippen LogP) is 2.34. The molecule has 1 aromatic carbocycles. The van der Waals surface area contributed by atoms with E-state index in [0.717, 1.165) is 18.4 Å². The van der Waals surface area contributed by atoms with Gasteiger partial charge in [0, 0.05) is 0 Å². The van der Waals surface area contributed by atoms with Crippen LogP contribution in [-0.2, 0) is 14.8 Å². The molecule has 0 aliphatic rings. The molecule has 0 saturated heterocycles. The number of carboxylic acid groups (broad SMARTS) is 1. The summed E-state index contributed by atoms with van der Waals surface area (Å²) in [6.07, 6.45) is 0. The maximum Gasteiger partial charge on any atom is 0.349 e. The number of carbonyl (C=O) groups is 2. The fourth-order valence-corrected chi connectivity index (χ4v) is 4.41. The van der Waals surface area contributed by atoms with Crippen LogP contribution < -0.4 is 4.72 Å². The van der Waals surface area contributed by atoms with Gasteiger partial charge in [0.25, 0.3) is 10.0 Å². The molecule has 1 aromatic heterocycles. The van der Waals surface area contributed by atoms with E-state index < -0.39 is 22.0 Å². The van der Waals surface area contributed by atoms with Gasteiger partial charge in [0.05, 0.1) is 18.4 Å². The number of para-hydroxylation sites is 1. The lowest BCUT2D eigenvalue weighted by Crippen LogP contribution is -2.18. The van der Waals surface area contributed by atoms with Crippen LogP contribution >= 0.6 is 11.3 Å². The van der Waals surface area contributed by atoms with E-state index in [-0.39, 0.29) is 21.0 Å². The first kappa shape index (κ1) is 17.0. The van der Waals surface area contributed by atoms with Gasteiger partial charge in [0.15, 0.2) is 0 Å². The minimum atomic E-state index is -4.14. The van der Waals surface area contributed by atoms with E-state index in [2.05, 4.69) is 9.46 Å². The molecule has 2 aromatic rings. The van der Waals surface area contributed by atoms with Gasteiger partial charge in [-0.3, -0.25) is 4.72 Å². The summed E-state index contributed by atoms with van der Waals surface area (Å²) >= 11 is 0.924. The molecule has 2 N–H and O–H groups in total. The smallest absolute Gasteiger partial charge is 0.349 e. The van der Waals surface area contributed by atoms with Crippen molar-refractivity contribution in [3.05, 3.63) is 45.6 Å². The highest BCUT2D eigenvalue weighted by atomic mass is 32.2. The fourth-order valence-electron chi connectivity index (χ4n) is 1.92. The van der Waals surface area contributed by atoms with Crippen molar-refractivity contribution in [1.29, 1.82) is 0 Å². The lowest BCUT2D eigenvalue weighted by atomic mass is 10.1. The van der Waals surface area contributed by atoms with E-state index in [1.165, 1.54) is 23.6 Å². The molecule has 0 radical (unpaired) electrons. The number of ether oxygens (including phenoxy) is 1. The van der Waals surface area contributed by atoms with Crippen LogP contribution in [0.1, 0.15) is 25.6 Å². The van der Waals surface area contributed by atoms with E-state index in [1.54, 1.807) is 13.0 Å². The second-order valence-electron chi connectivity index (χ2n) is 4.51. The van der Waals surface area contributed by atoms with Crippen molar-refractivity contribution < 1.29 is 27.9 Å². The summed E-state index contributed by atoms with van der Waals surface area (Å²) in [4.78, 5) is 22.6. The molecule has 0 spiro atoms. The van der Waals surface area contributed by atoms with Gasteiger partial charge in [-0.25, -0.2) is 18.0 Å². The monoisotopic (exact) mass is 355 g/mol. The van der Waals surface area contributed by atoms with E-state index in [1.807, 2.05) is 0 Å². The van der Waals surface area contributed by atoms with Crippen LogP contribution in [0.2, 0.25) is 0 Å². The van der Waals surface area contributed by atoms with Gasteiger partial charge < -0.3 is 9.84 Å². The van der Waals surface area contributed by atoms with Crippen LogP contribution in [0.25, 0.3) is 0 Å². The predicted molar refractivity (Wildman–Crippen MR) is 84.6 cm³/mol. The number of esters is 1. The van der Waals surface area contributed by atoms with E-state index in [0.29, 0.717) is 5.56 Å². The molecule has 23 heavy (non-hydrogen) atoms. The van der Waals surface area contributed by atoms with Crippen molar-refractivity contribution >= 4 is 39.0 Å². The second kappa shape index (κ2) is 6.39. The third-order valence-electron chi connectivity index (χ3n) is 3.03. The summed E-state index contributed by atoms with van der Waals surface area (Å²) in [5.74, 6) is -2.03. The quantitative estimate of drug-likeness (QED) is 0.797. The summed E-state index contributed by atoms with van der Waals surface area (Å²) in [6.45, 7) is 1.58. The average molecular weight is 355 g/mol. The molecule has 7 nitrogen and oxygen atoms in total. The molecule has 0 bridgehead atoms. The Morgan fingerprint density at radius 2 is 1.96 bits per heavy atom. The maximum absolute atomic E-state index is 12.5. The molecule has 0 aliphatic carbocycles. The molecule has 1 heterocycles. The largest absolute Gasteiger partial charge is 0.478 e. The SMILES string of the molecule is COC(=O)c1sccc1S(=O)(=O)Nc1c(C)cccc1C(=O)O. The number of benzene rings is 1. The summed E-state index contributed by atoms with van der Waals surface area (Å²) in [6, 6.07) is 5.65. The van der Waals surface area contributed by atoms with Gasteiger partial charge in [-0.2, -0.15) is 0 Å². The number of carboxylic acids is 1. The summed E-state index contributed by atoms with van der Waals surface area (Å²) in [5, 5.41) is 10.6. The van der Waals surface area contributed by atoms with Crippen molar-refractivity contribution in [2.75, 3.05) is 11.8 Å². The number of aryl methyl sites for hydroxylation is 1. The van der Waals surface area contributed by atoms with Gasteiger partial charge in [-0.1, -0.05) is 12.1 Å². The molecular weight excluding hydrogens is 342 g/mol. The highest BCUT2D eigenvalue weighted by Gasteiger charge is 2.26. The van der Waals surface area contributed by atoms with Gasteiger partial charge >= 0.3 is 11.9 Å². The molecule has 0 atom stereocenters. The number of hydrogen-bond acceptors (Lipinski definition) is 6. The number of thiophene rings is 1. The molecule has 0 aliphatic heterocycles. The van der Waals surface area contributed by atoms with E-state index in [4.69, 9.17) is 0 Å². The number of methoxy groups -OCH3 is 1.